The topological polar surface area (TPSA) is 72.4 Å². The van der Waals surface area contributed by atoms with Crippen molar-refractivity contribution >= 4 is 11.7 Å². The number of nitrogens with two attached hydrogens (primary N) is 2. The van der Waals surface area contributed by atoms with Crippen molar-refractivity contribution in [1.29, 1.82) is 0 Å². The lowest BCUT2D eigenvalue weighted by atomic mass is 9.94. The lowest BCUT2D eigenvalue weighted by Crippen LogP contribution is -2.52. The van der Waals surface area contributed by atoms with Crippen molar-refractivity contribution in [3.63, 3.8) is 0 Å². The van der Waals surface area contributed by atoms with E-state index in [0.29, 0.717) is 0 Å². The van der Waals surface area contributed by atoms with Crippen LogP contribution < -0.4 is 16.4 Å². The van der Waals surface area contributed by atoms with E-state index in [1.165, 1.54) is 0 Å². The van der Waals surface area contributed by atoms with Gasteiger partial charge in [0.1, 0.15) is 0 Å². The third-order valence-electron chi connectivity index (χ3n) is 3.56. The van der Waals surface area contributed by atoms with Gasteiger partial charge in [-0.3, -0.25) is 4.90 Å². The maximum atomic E-state index is 11.8. The average molecular weight is 259 g/mol. The Hall–Kier alpha value is -1.81. The number of hydrogen-bond acceptors (Lipinski definition) is 2. The Morgan fingerprint density at radius 2 is 1.74 bits per heavy atom. The highest BCUT2D eigenvalue weighted by atomic mass is 16.2. The number of benzene rings is 1. The number of carbonyl (C=O) groups excluding carboxylic acids is 1. The van der Waals surface area contributed by atoms with Crippen LogP contribution in [-0.4, -0.2) is 18.1 Å². The quantitative estimate of drug-likeness (QED) is 0.800. The van der Waals surface area contributed by atoms with Gasteiger partial charge in [0.2, 0.25) is 0 Å². The summed E-state index contributed by atoms with van der Waals surface area (Å²) < 4.78 is 0. The number of primary amides is 1. The molecule has 0 radical (unpaired) electrons. The fourth-order valence-corrected chi connectivity index (χ4v) is 2.59. The van der Waals surface area contributed by atoms with Crippen LogP contribution in [0, 0.1) is 0 Å². The molecule has 4 nitrogen and oxygen atoms in total. The summed E-state index contributed by atoms with van der Waals surface area (Å²) in [5.74, 6) is 0. The first kappa shape index (κ1) is 13.6. The van der Waals surface area contributed by atoms with Crippen molar-refractivity contribution in [3.05, 3.63) is 42.5 Å². The summed E-state index contributed by atoms with van der Waals surface area (Å²) in [5.41, 5.74) is 12.6. The second-order valence-corrected chi connectivity index (χ2v) is 4.90. The van der Waals surface area contributed by atoms with Crippen LogP contribution in [0.25, 0.3) is 0 Å². The van der Waals surface area contributed by atoms with E-state index in [-0.39, 0.29) is 12.1 Å². The van der Waals surface area contributed by atoms with Gasteiger partial charge >= 0.3 is 6.03 Å². The van der Waals surface area contributed by atoms with E-state index in [9.17, 15) is 4.79 Å². The van der Waals surface area contributed by atoms with E-state index < -0.39 is 6.03 Å². The Morgan fingerprint density at radius 3 is 2.37 bits per heavy atom. The highest BCUT2D eigenvalue weighted by molar-refractivity contribution is 5.91. The number of amides is 2. The number of hydrogen-bond donors (Lipinski definition) is 2. The van der Waals surface area contributed by atoms with E-state index in [0.717, 1.165) is 31.4 Å². The molecule has 1 aliphatic rings. The zero-order valence-electron chi connectivity index (χ0n) is 11.0. The highest BCUT2D eigenvalue weighted by Crippen LogP contribution is 2.23. The van der Waals surface area contributed by atoms with E-state index in [4.69, 9.17) is 11.5 Å². The fraction of sp³-hybridized carbons (Fsp3) is 0.400. The molecule has 2 amide bonds. The molecule has 0 spiro atoms. The number of allylic oxidation sites excluding steroid dienone is 2. The van der Waals surface area contributed by atoms with Crippen molar-refractivity contribution in [2.45, 2.75) is 37.8 Å². The molecular weight excluding hydrogens is 238 g/mol. The molecule has 0 saturated heterocycles. The van der Waals surface area contributed by atoms with Crippen LogP contribution in [0.4, 0.5) is 10.5 Å². The van der Waals surface area contributed by atoms with Crippen LogP contribution in [-0.2, 0) is 0 Å². The van der Waals surface area contributed by atoms with Gasteiger partial charge in [0, 0.05) is 11.7 Å². The predicted octanol–water partition coefficient (Wildman–Crippen LogP) is 2.40. The van der Waals surface area contributed by atoms with Crippen molar-refractivity contribution in [2.75, 3.05) is 4.90 Å². The Morgan fingerprint density at radius 1 is 1.11 bits per heavy atom. The number of nitrogens with zero attached hydrogens (tertiary/aromatic N) is 1. The molecule has 0 saturated carbocycles. The predicted molar refractivity (Wildman–Crippen MR) is 77.9 cm³/mol. The van der Waals surface area contributed by atoms with Gasteiger partial charge in [0.25, 0.3) is 0 Å². The lowest BCUT2D eigenvalue weighted by Gasteiger charge is -2.35. The molecular formula is C15H21N3O. The average Bonchev–Trinajstić information content (AvgIpc) is 2.39. The summed E-state index contributed by atoms with van der Waals surface area (Å²) >= 11 is 0. The zero-order chi connectivity index (χ0) is 13.7. The molecule has 2 rings (SSSR count). The number of urea groups is 1. The van der Waals surface area contributed by atoms with E-state index in [1.807, 2.05) is 30.3 Å². The third-order valence-corrected chi connectivity index (χ3v) is 3.56. The fourth-order valence-electron chi connectivity index (χ4n) is 2.59. The molecule has 0 aromatic heterocycles. The van der Waals surface area contributed by atoms with Gasteiger partial charge in [-0.2, -0.15) is 0 Å². The van der Waals surface area contributed by atoms with Crippen molar-refractivity contribution in [3.8, 4) is 0 Å². The molecule has 1 aromatic carbocycles. The van der Waals surface area contributed by atoms with Crippen molar-refractivity contribution < 1.29 is 4.79 Å². The first-order chi connectivity index (χ1) is 9.20. The highest BCUT2D eigenvalue weighted by Gasteiger charge is 2.28. The van der Waals surface area contributed by atoms with Gasteiger partial charge in [-0.1, -0.05) is 30.4 Å². The summed E-state index contributed by atoms with van der Waals surface area (Å²) in [6, 6.07) is 9.00. The molecule has 0 aliphatic heterocycles. The summed E-state index contributed by atoms with van der Waals surface area (Å²) in [6.45, 7) is 0. The van der Waals surface area contributed by atoms with E-state index in [2.05, 4.69) is 12.2 Å². The Bertz CT molecular complexity index is 444. The minimum absolute atomic E-state index is 0.0372. The summed E-state index contributed by atoms with van der Waals surface area (Å²) in [7, 11) is 0. The molecule has 0 heterocycles. The van der Waals surface area contributed by atoms with Gasteiger partial charge in [-0.15, -0.1) is 0 Å². The minimum atomic E-state index is -0.434. The standard InChI is InChI=1S/C15H21N3O/c16-13-10-6-1-2-7-11-14(13)18(15(17)19)12-8-4-3-5-9-12/h1-5,8-9,13-14H,6-7,10-11,16H2,(H2,17,19)/b2-1-. The molecule has 2 unspecified atom stereocenters. The summed E-state index contributed by atoms with van der Waals surface area (Å²) in [5, 5.41) is 0. The molecule has 2 atom stereocenters. The number of rotatable bonds is 2. The van der Waals surface area contributed by atoms with Crippen LogP contribution in [0.1, 0.15) is 25.7 Å². The van der Waals surface area contributed by atoms with Crippen LogP contribution in [0.5, 0.6) is 0 Å². The molecule has 1 aromatic rings. The normalized spacial score (nSPS) is 25.1. The van der Waals surface area contributed by atoms with Crippen LogP contribution in [0.15, 0.2) is 42.5 Å². The van der Waals surface area contributed by atoms with Gasteiger partial charge < -0.3 is 11.5 Å². The Kier molecular flexibility index (Phi) is 4.58. The van der Waals surface area contributed by atoms with Gasteiger partial charge in [0.05, 0.1) is 6.04 Å². The molecule has 4 N–H and O–H groups in total. The number of anilines is 1. The minimum Gasteiger partial charge on any atom is -0.351 e. The Balaban J connectivity index is 2.27. The molecule has 19 heavy (non-hydrogen) atoms. The van der Waals surface area contributed by atoms with Crippen LogP contribution in [0.3, 0.4) is 0 Å². The largest absolute Gasteiger partial charge is 0.351 e. The lowest BCUT2D eigenvalue weighted by molar-refractivity contribution is 0.249. The molecule has 4 heteroatoms. The SMILES string of the molecule is NC(=O)N(c1ccccc1)C1CC/C=C\CCC1N. The summed E-state index contributed by atoms with van der Waals surface area (Å²) in [4.78, 5) is 13.5. The van der Waals surface area contributed by atoms with Crippen molar-refractivity contribution in [2.24, 2.45) is 11.5 Å². The molecule has 0 bridgehead atoms. The number of para-hydroxylation sites is 1. The molecule has 0 fully saturated rings. The monoisotopic (exact) mass is 259 g/mol. The van der Waals surface area contributed by atoms with E-state index >= 15 is 0 Å². The summed E-state index contributed by atoms with van der Waals surface area (Å²) in [6.07, 6.45) is 7.91. The smallest absolute Gasteiger partial charge is 0.319 e. The second kappa shape index (κ2) is 6.38. The third kappa shape index (κ3) is 3.35. The molecule has 1 aliphatic carbocycles. The maximum absolute atomic E-state index is 11.8. The van der Waals surface area contributed by atoms with Gasteiger partial charge in [0.15, 0.2) is 0 Å². The first-order valence-corrected chi connectivity index (χ1v) is 6.74. The Labute approximate surface area is 114 Å². The molecule has 102 valence electrons. The van der Waals surface area contributed by atoms with Gasteiger partial charge in [-0.25, -0.2) is 4.79 Å². The van der Waals surface area contributed by atoms with Crippen LogP contribution >= 0.6 is 0 Å². The van der Waals surface area contributed by atoms with E-state index in [1.54, 1.807) is 4.90 Å². The van der Waals surface area contributed by atoms with Crippen molar-refractivity contribution in [1.82, 2.24) is 0 Å². The van der Waals surface area contributed by atoms with Gasteiger partial charge in [-0.05, 0) is 37.8 Å². The second-order valence-electron chi connectivity index (χ2n) is 4.90. The number of carbonyl (C=O) groups is 1. The maximum Gasteiger partial charge on any atom is 0.319 e. The zero-order valence-corrected chi connectivity index (χ0v) is 11.0. The first-order valence-electron chi connectivity index (χ1n) is 6.74. The van der Waals surface area contributed by atoms with Crippen LogP contribution in [0.2, 0.25) is 0 Å².